The molecule has 3 nitrogen and oxygen atoms in total. The molecule has 74 valence electrons. The maximum Gasteiger partial charge on any atom is 0.143 e. The Bertz CT molecular complexity index is 355. The number of nitrogen functional groups attached to an aromatic ring is 1. The van der Waals surface area contributed by atoms with E-state index < -0.39 is 0 Å². The number of hydrogen-bond donors (Lipinski definition) is 1. The lowest BCUT2D eigenvalue weighted by molar-refractivity contribution is 0.218. The van der Waals surface area contributed by atoms with E-state index in [4.69, 9.17) is 15.7 Å². The Morgan fingerprint density at radius 1 is 1.57 bits per heavy atom. The third-order valence-corrected chi connectivity index (χ3v) is 2.09. The third-order valence-electron chi connectivity index (χ3n) is 2.09. The van der Waals surface area contributed by atoms with Crippen molar-refractivity contribution in [1.82, 2.24) is 0 Å². The molecular weight excluding hydrogens is 176 g/mol. The lowest BCUT2D eigenvalue weighted by atomic mass is 10.2. The van der Waals surface area contributed by atoms with Crippen LogP contribution in [0, 0.1) is 11.3 Å². The second-order valence-electron chi connectivity index (χ2n) is 3.17. The van der Waals surface area contributed by atoms with Crippen molar-refractivity contribution in [2.45, 2.75) is 26.4 Å². The first-order chi connectivity index (χ1) is 6.69. The summed E-state index contributed by atoms with van der Waals surface area (Å²) < 4.78 is 5.56. The van der Waals surface area contributed by atoms with Crippen molar-refractivity contribution in [2.24, 2.45) is 0 Å². The zero-order valence-corrected chi connectivity index (χ0v) is 8.45. The van der Waals surface area contributed by atoms with Gasteiger partial charge in [0.2, 0.25) is 0 Å². The van der Waals surface area contributed by atoms with E-state index in [1.165, 1.54) is 0 Å². The van der Waals surface area contributed by atoms with Crippen LogP contribution >= 0.6 is 0 Å². The van der Waals surface area contributed by atoms with Crippen LogP contribution in [0.2, 0.25) is 0 Å². The molecule has 1 rings (SSSR count). The Kier molecular flexibility index (Phi) is 3.35. The summed E-state index contributed by atoms with van der Waals surface area (Å²) in [6, 6.07) is 7.25. The van der Waals surface area contributed by atoms with Gasteiger partial charge in [-0.1, -0.05) is 13.0 Å². The van der Waals surface area contributed by atoms with Crippen molar-refractivity contribution in [3.05, 3.63) is 23.8 Å². The molecule has 0 heterocycles. The quantitative estimate of drug-likeness (QED) is 0.744. The number of para-hydroxylation sites is 1. The molecule has 0 aliphatic rings. The van der Waals surface area contributed by atoms with Crippen LogP contribution in [0.3, 0.4) is 0 Å². The third kappa shape index (κ3) is 2.17. The van der Waals surface area contributed by atoms with Gasteiger partial charge in [0.1, 0.15) is 11.8 Å². The van der Waals surface area contributed by atoms with E-state index >= 15 is 0 Å². The van der Waals surface area contributed by atoms with Gasteiger partial charge >= 0.3 is 0 Å². The van der Waals surface area contributed by atoms with Crippen molar-refractivity contribution >= 4 is 5.69 Å². The molecule has 1 unspecified atom stereocenters. The van der Waals surface area contributed by atoms with E-state index in [0.29, 0.717) is 17.0 Å². The van der Waals surface area contributed by atoms with Gasteiger partial charge in [-0.05, 0) is 25.5 Å². The first kappa shape index (κ1) is 10.4. The lowest BCUT2D eigenvalue weighted by Crippen LogP contribution is -2.11. The maximum atomic E-state index is 8.75. The van der Waals surface area contributed by atoms with E-state index in [0.717, 1.165) is 6.42 Å². The van der Waals surface area contributed by atoms with E-state index in [-0.39, 0.29) is 6.10 Å². The van der Waals surface area contributed by atoms with E-state index in [1.54, 1.807) is 18.2 Å². The van der Waals surface area contributed by atoms with Crippen LogP contribution in [0.25, 0.3) is 0 Å². The molecule has 0 radical (unpaired) electrons. The highest BCUT2D eigenvalue weighted by Gasteiger charge is 2.07. The highest BCUT2D eigenvalue weighted by Crippen LogP contribution is 2.25. The molecule has 3 heteroatoms. The summed E-state index contributed by atoms with van der Waals surface area (Å²) in [6.07, 6.45) is 1.03. The van der Waals surface area contributed by atoms with Gasteiger partial charge in [0.05, 0.1) is 17.4 Å². The summed E-state index contributed by atoms with van der Waals surface area (Å²) in [7, 11) is 0. The van der Waals surface area contributed by atoms with Gasteiger partial charge < -0.3 is 10.5 Å². The predicted molar refractivity (Wildman–Crippen MR) is 56.0 cm³/mol. The Morgan fingerprint density at radius 3 is 2.86 bits per heavy atom. The summed E-state index contributed by atoms with van der Waals surface area (Å²) in [4.78, 5) is 0. The monoisotopic (exact) mass is 190 g/mol. The van der Waals surface area contributed by atoms with Gasteiger partial charge in [-0.15, -0.1) is 0 Å². The molecule has 2 N–H and O–H groups in total. The molecule has 0 fully saturated rings. The van der Waals surface area contributed by atoms with Crippen LogP contribution in [0.1, 0.15) is 25.8 Å². The fraction of sp³-hybridized carbons (Fsp3) is 0.364. The van der Waals surface area contributed by atoms with E-state index in [9.17, 15) is 0 Å². The molecule has 0 aromatic heterocycles. The SMILES string of the molecule is CCC(C)Oc1cccc(C#N)c1N. The highest BCUT2D eigenvalue weighted by molar-refractivity contribution is 5.63. The van der Waals surface area contributed by atoms with Gasteiger partial charge in [0.25, 0.3) is 0 Å². The molecule has 0 amide bonds. The normalized spacial score (nSPS) is 11.8. The molecule has 1 aromatic rings. The summed E-state index contributed by atoms with van der Waals surface area (Å²) >= 11 is 0. The van der Waals surface area contributed by atoms with Crippen molar-refractivity contribution in [2.75, 3.05) is 5.73 Å². The first-order valence-electron chi connectivity index (χ1n) is 4.64. The summed E-state index contributed by atoms with van der Waals surface area (Å²) in [6.45, 7) is 4.01. The second-order valence-corrected chi connectivity index (χ2v) is 3.17. The second kappa shape index (κ2) is 4.52. The van der Waals surface area contributed by atoms with Crippen LogP contribution in [0.15, 0.2) is 18.2 Å². The Labute approximate surface area is 84.1 Å². The molecule has 1 atom stereocenters. The van der Waals surface area contributed by atoms with Crippen LogP contribution in [0.4, 0.5) is 5.69 Å². The molecule has 0 saturated carbocycles. The molecule has 0 aliphatic carbocycles. The van der Waals surface area contributed by atoms with E-state index in [2.05, 4.69) is 0 Å². The van der Waals surface area contributed by atoms with Crippen LogP contribution in [-0.4, -0.2) is 6.10 Å². The van der Waals surface area contributed by atoms with Gasteiger partial charge in [-0.2, -0.15) is 5.26 Å². The standard InChI is InChI=1S/C11H14N2O/c1-3-8(2)14-10-6-4-5-9(7-12)11(10)13/h4-6,8H,3,13H2,1-2H3. The largest absolute Gasteiger partial charge is 0.489 e. The first-order valence-corrected chi connectivity index (χ1v) is 4.64. The summed E-state index contributed by atoms with van der Waals surface area (Å²) in [5.74, 6) is 0.596. The number of benzene rings is 1. The van der Waals surface area contributed by atoms with E-state index in [1.807, 2.05) is 19.9 Å². The molecule has 1 aromatic carbocycles. The van der Waals surface area contributed by atoms with Crippen molar-refractivity contribution in [3.63, 3.8) is 0 Å². The topological polar surface area (TPSA) is 59.0 Å². The van der Waals surface area contributed by atoms with Crippen molar-refractivity contribution in [3.8, 4) is 11.8 Å². The minimum atomic E-state index is 0.117. The number of nitrogens with two attached hydrogens (primary N) is 1. The van der Waals surface area contributed by atoms with Gasteiger partial charge in [-0.3, -0.25) is 0 Å². The number of rotatable bonds is 3. The average Bonchev–Trinajstić information content (AvgIpc) is 2.21. The van der Waals surface area contributed by atoms with Crippen LogP contribution < -0.4 is 10.5 Å². The molecule has 0 aliphatic heterocycles. The number of nitriles is 1. The fourth-order valence-corrected chi connectivity index (χ4v) is 1.04. The minimum absolute atomic E-state index is 0.117. The Balaban J connectivity index is 2.94. The van der Waals surface area contributed by atoms with Crippen molar-refractivity contribution < 1.29 is 4.74 Å². The Hall–Kier alpha value is -1.69. The Morgan fingerprint density at radius 2 is 2.29 bits per heavy atom. The zero-order chi connectivity index (χ0) is 10.6. The smallest absolute Gasteiger partial charge is 0.143 e. The fourth-order valence-electron chi connectivity index (χ4n) is 1.04. The lowest BCUT2D eigenvalue weighted by Gasteiger charge is -2.14. The maximum absolute atomic E-state index is 8.75. The highest BCUT2D eigenvalue weighted by atomic mass is 16.5. The molecular formula is C11H14N2O. The zero-order valence-electron chi connectivity index (χ0n) is 8.45. The minimum Gasteiger partial charge on any atom is -0.489 e. The summed E-state index contributed by atoms with van der Waals surface area (Å²) in [5, 5.41) is 8.75. The van der Waals surface area contributed by atoms with Crippen LogP contribution in [0.5, 0.6) is 5.75 Å². The molecule has 14 heavy (non-hydrogen) atoms. The predicted octanol–water partition coefficient (Wildman–Crippen LogP) is 2.32. The number of ether oxygens (including phenoxy) is 1. The molecule has 0 spiro atoms. The number of anilines is 1. The number of nitrogens with zero attached hydrogens (tertiary/aromatic N) is 1. The average molecular weight is 190 g/mol. The van der Waals surface area contributed by atoms with Gasteiger partial charge in [0.15, 0.2) is 0 Å². The van der Waals surface area contributed by atoms with Gasteiger partial charge in [-0.25, -0.2) is 0 Å². The van der Waals surface area contributed by atoms with Crippen molar-refractivity contribution in [1.29, 1.82) is 5.26 Å². The van der Waals surface area contributed by atoms with Gasteiger partial charge in [0, 0.05) is 0 Å². The summed E-state index contributed by atoms with van der Waals surface area (Å²) in [5.41, 5.74) is 6.64. The van der Waals surface area contributed by atoms with Crippen LogP contribution in [-0.2, 0) is 0 Å². The number of hydrogen-bond acceptors (Lipinski definition) is 3. The molecule has 0 bridgehead atoms. The molecule has 0 saturated heterocycles.